The van der Waals surface area contributed by atoms with E-state index in [2.05, 4.69) is 29.8 Å². The summed E-state index contributed by atoms with van der Waals surface area (Å²) in [4.78, 5) is 12.5. The first-order valence-corrected chi connectivity index (χ1v) is 7.43. The molecule has 0 radical (unpaired) electrons. The van der Waals surface area contributed by atoms with Gasteiger partial charge in [0, 0.05) is 14.6 Å². The maximum Gasteiger partial charge on any atom is 0.339 e. The van der Waals surface area contributed by atoms with Gasteiger partial charge in [-0.05, 0) is 40.5 Å². The Hall–Kier alpha value is -0.520. The summed E-state index contributed by atoms with van der Waals surface area (Å²) in [5.74, 6) is -0.617. The molecule has 0 fully saturated rings. The van der Waals surface area contributed by atoms with Gasteiger partial charge in [0.2, 0.25) is 0 Å². The summed E-state index contributed by atoms with van der Waals surface area (Å²) in [7, 11) is 0. The Labute approximate surface area is 120 Å². The van der Waals surface area contributed by atoms with Gasteiger partial charge in [-0.2, -0.15) is 0 Å². The molecule has 0 aliphatic heterocycles. The Balaban J connectivity index is 2.86. The number of rotatable bonds is 5. The number of aliphatic hydroxyl groups excluding tert-OH is 1. The van der Waals surface area contributed by atoms with Crippen LogP contribution in [0.4, 0.5) is 0 Å². The number of carbonyl (C=O) groups excluding carboxylic acids is 1. The number of esters is 1. The average Bonchev–Trinajstić information content (AvgIpc) is 2.30. The van der Waals surface area contributed by atoms with Gasteiger partial charge in [0.05, 0.1) is 6.61 Å². The van der Waals surface area contributed by atoms with Gasteiger partial charge in [-0.25, -0.2) is 4.79 Å². The number of aliphatic hydroxyl groups is 1. The Morgan fingerprint density at radius 3 is 2.67 bits per heavy atom. The van der Waals surface area contributed by atoms with Crippen molar-refractivity contribution < 1.29 is 14.6 Å². The molecule has 0 aromatic heterocycles. The van der Waals surface area contributed by atoms with Crippen LogP contribution in [0.15, 0.2) is 27.6 Å². The van der Waals surface area contributed by atoms with Crippen molar-refractivity contribution in [3.05, 3.63) is 28.2 Å². The number of benzene rings is 1. The smallest absolute Gasteiger partial charge is 0.339 e. The van der Waals surface area contributed by atoms with E-state index in [1.165, 1.54) is 0 Å². The van der Waals surface area contributed by atoms with E-state index in [4.69, 9.17) is 4.74 Å². The molecule has 18 heavy (non-hydrogen) atoms. The van der Waals surface area contributed by atoms with Gasteiger partial charge in [0.25, 0.3) is 0 Å². The van der Waals surface area contributed by atoms with Gasteiger partial charge < -0.3 is 9.84 Å². The number of ether oxygens (including phenoxy) is 1. The largest absolute Gasteiger partial charge is 0.464 e. The second-order valence-corrected chi connectivity index (χ2v) is 6.48. The highest BCUT2D eigenvalue weighted by molar-refractivity contribution is 9.10. The van der Waals surface area contributed by atoms with E-state index in [1.54, 1.807) is 30.8 Å². The SMILES string of the molecule is CCOC(=O)C(O)c1ccc(SC(C)C)c(Br)c1. The minimum absolute atomic E-state index is 0.262. The van der Waals surface area contributed by atoms with Crippen molar-refractivity contribution in [2.75, 3.05) is 6.61 Å². The van der Waals surface area contributed by atoms with Gasteiger partial charge in [0.1, 0.15) is 0 Å². The average molecular weight is 333 g/mol. The van der Waals surface area contributed by atoms with Crippen molar-refractivity contribution in [2.24, 2.45) is 0 Å². The van der Waals surface area contributed by atoms with Crippen LogP contribution in [0.25, 0.3) is 0 Å². The predicted molar refractivity (Wildman–Crippen MR) is 76.7 cm³/mol. The van der Waals surface area contributed by atoms with Gasteiger partial charge in [0.15, 0.2) is 6.10 Å². The van der Waals surface area contributed by atoms with E-state index in [1.807, 2.05) is 6.07 Å². The molecule has 0 bridgehead atoms. The quantitative estimate of drug-likeness (QED) is 0.661. The summed E-state index contributed by atoms with van der Waals surface area (Å²) in [5.41, 5.74) is 0.536. The molecule has 0 saturated heterocycles. The fourth-order valence-corrected chi connectivity index (χ4v) is 2.90. The van der Waals surface area contributed by atoms with Crippen LogP contribution in [0.3, 0.4) is 0 Å². The first-order valence-electron chi connectivity index (χ1n) is 5.76. The summed E-state index contributed by atoms with van der Waals surface area (Å²) in [5, 5.41) is 10.3. The molecule has 1 atom stereocenters. The molecule has 0 aliphatic carbocycles. The molecule has 3 nitrogen and oxygen atoms in total. The summed E-state index contributed by atoms with van der Waals surface area (Å²) in [6.45, 7) is 6.19. The Morgan fingerprint density at radius 1 is 1.50 bits per heavy atom. The first kappa shape index (κ1) is 15.5. The van der Waals surface area contributed by atoms with E-state index in [-0.39, 0.29) is 6.61 Å². The molecule has 0 saturated carbocycles. The summed E-state index contributed by atoms with van der Waals surface area (Å²) < 4.78 is 5.66. The normalized spacial score (nSPS) is 12.6. The molecular formula is C13H17BrO3S. The summed E-state index contributed by atoms with van der Waals surface area (Å²) in [6, 6.07) is 5.40. The Kier molecular flexibility index (Phi) is 6.18. The zero-order valence-corrected chi connectivity index (χ0v) is 13.0. The molecule has 0 heterocycles. The minimum atomic E-state index is -1.22. The van der Waals surface area contributed by atoms with Crippen LogP contribution in [-0.2, 0) is 9.53 Å². The third-order valence-electron chi connectivity index (χ3n) is 2.14. The highest BCUT2D eigenvalue weighted by Crippen LogP contribution is 2.32. The van der Waals surface area contributed by atoms with E-state index in [0.29, 0.717) is 10.8 Å². The van der Waals surface area contributed by atoms with Crippen LogP contribution in [0, 0.1) is 0 Å². The molecule has 0 spiro atoms. The number of thioether (sulfide) groups is 1. The number of hydrogen-bond donors (Lipinski definition) is 1. The molecule has 1 aromatic carbocycles. The maximum absolute atomic E-state index is 11.4. The van der Waals surface area contributed by atoms with Crippen molar-refractivity contribution in [1.82, 2.24) is 0 Å². The lowest BCUT2D eigenvalue weighted by molar-refractivity contribution is -0.153. The van der Waals surface area contributed by atoms with E-state index >= 15 is 0 Å². The summed E-state index contributed by atoms with van der Waals surface area (Å²) >= 11 is 5.17. The monoisotopic (exact) mass is 332 g/mol. The van der Waals surface area contributed by atoms with Crippen molar-refractivity contribution >= 4 is 33.7 Å². The molecule has 0 amide bonds. The van der Waals surface area contributed by atoms with Crippen molar-refractivity contribution in [3.8, 4) is 0 Å². The van der Waals surface area contributed by atoms with Crippen LogP contribution in [-0.4, -0.2) is 22.9 Å². The molecule has 0 aliphatic rings. The van der Waals surface area contributed by atoms with E-state index in [0.717, 1.165) is 9.37 Å². The first-order chi connectivity index (χ1) is 8.45. The van der Waals surface area contributed by atoms with Crippen molar-refractivity contribution in [3.63, 3.8) is 0 Å². The van der Waals surface area contributed by atoms with Gasteiger partial charge in [-0.1, -0.05) is 19.9 Å². The van der Waals surface area contributed by atoms with E-state index in [9.17, 15) is 9.90 Å². The molecular weight excluding hydrogens is 316 g/mol. The highest BCUT2D eigenvalue weighted by Gasteiger charge is 2.19. The maximum atomic E-state index is 11.4. The van der Waals surface area contributed by atoms with Gasteiger partial charge in [-0.3, -0.25) is 0 Å². The van der Waals surface area contributed by atoms with Crippen LogP contribution < -0.4 is 0 Å². The topological polar surface area (TPSA) is 46.5 Å². The van der Waals surface area contributed by atoms with Crippen molar-refractivity contribution in [1.29, 1.82) is 0 Å². The highest BCUT2D eigenvalue weighted by atomic mass is 79.9. The molecule has 1 unspecified atom stereocenters. The van der Waals surface area contributed by atoms with Crippen LogP contribution in [0.5, 0.6) is 0 Å². The fraction of sp³-hybridized carbons (Fsp3) is 0.462. The Morgan fingerprint density at radius 2 is 2.17 bits per heavy atom. The zero-order chi connectivity index (χ0) is 13.7. The van der Waals surface area contributed by atoms with Gasteiger partial charge >= 0.3 is 5.97 Å². The van der Waals surface area contributed by atoms with E-state index < -0.39 is 12.1 Å². The Bertz CT molecular complexity index is 421. The van der Waals surface area contributed by atoms with Crippen LogP contribution in [0.2, 0.25) is 0 Å². The minimum Gasteiger partial charge on any atom is -0.464 e. The number of halogens is 1. The van der Waals surface area contributed by atoms with Gasteiger partial charge in [-0.15, -0.1) is 11.8 Å². The second-order valence-electron chi connectivity index (χ2n) is 4.01. The molecule has 5 heteroatoms. The lowest BCUT2D eigenvalue weighted by Gasteiger charge is -2.12. The molecule has 1 N–H and O–H groups in total. The standard InChI is InChI=1S/C13H17BrO3S/c1-4-17-13(16)12(15)9-5-6-11(10(14)7-9)18-8(2)3/h5-8,12,15H,4H2,1-3H3. The van der Waals surface area contributed by atoms with Crippen molar-refractivity contribution in [2.45, 2.75) is 37.0 Å². The molecule has 1 rings (SSSR count). The zero-order valence-electron chi connectivity index (χ0n) is 10.6. The predicted octanol–water partition coefficient (Wildman–Crippen LogP) is 3.55. The fourth-order valence-electron chi connectivity index (χ4n) is 1.39. The van der Waals surface area contributed by atoms with Crippen LogP contribution >= 0.6 is 27.7 Å². The third kappa shape index (κ3) is 4.30. The summed E-state index contributed by atoms with van der Waals surface area (Å²) in [6.07, 6.45) is -1.22. The molecule has 100 valence electrons. The third-order valence-corrected chi connectivity index (χ3v) is 4.14. The molecule has 1 aromatic rings. The lowest BCUT2D eigenvalue weighted by Crippen LogP contribution is -2.15. The number of carbonyl (C=O) groups is 1. The lowest BCUT2D eigenvalue weighted by atomic mass is 10.1. The van der Waals surface area contributed by atoms with Crippen LogP contribution in [0.1, 0.15) is 32.4 Å². The second kappa shape index (κ2) is 7.16. The number of hydrogen-bond acceptors (Lipinski definition) is 4.